The zero-order valence-corrected chi connectivity index (χ0v) is 10.3. The molecule has 1 fully saturated rings. The molecule has 0 amide bonds. The highest BCUT2D eigenvalue weighted by molar-refractivity contribution is 7.12. The van der Waals surface area contributed by atoms with E-state index in [-0.39, 0.29) is 0 Å². The van der Waals surface area contributed by atoms with Crippen LogP contribution in [0.25, 0.3) is 0 Å². The summed E-state index contributed by atoms with van der Waals surface area (Å²) in [4.78, 5) is 4.83. The number of thiophene rings is 1. The number of rotatable bonds is 2. The lowest BCUT2D eigenvalue weighted by Crippen LogP contribution is -2.41. The zero-order chi connectivity index (χ0) is 10.9. The van der Waals surface area contributed by atoms with Gasteiger partial charge in [-0.1, -0.05) is 6.92 Å². The predicted octanol–water partition coefficient (Wildman–Crippen LogP) is 2.36. The molecule has 1 aromatic heterocycles. The minimum Gasteiger partial charge on any atom is -0.384 e. The maximum Gasteiger partial charge on any atom is 0.101 e. The summed E-state index contributed by atoms with van der Waals surface area (Å²) in [5, 5.41) is 10.6. The third-order valence-corrected chi connectivity index (χ3v) is 4.52. The van der Waals surface area contributed by atoms with E-state index in [1.54, 1.807) is 11.3 Å². The fourth-order valence-electron chi connectivity index (χ4n) is 2.17. The second-order valence-electron chi connectivity index (χ2n) is 4.38. The van der Waals surface area contributed by atoms with E-state index in [1.807, 2.05) is 0 Å². The minimum absolute atomic E-state index is 0.551. The molecule has 0 aromatic carbocycles. The number of aryl methyl sites for hydroxylation is 1. The van der Waals surface area contributed by atoms with Gasteiger partial charge in [0.05, 0.1) is 0 Å². The minimum atomic E-state index is -0.551. The van der Waals surface area contributed by atoms with Gasteiger partial charge in [-0.3, -0.25) is 0 Å². The molecule has 15 heavy (non-hydrogen) atoms. The SMILES string of the molecule is CCN1CCC(O)(c2ccc(C)s2)CC1. The van der Waals surface area contributed by atoms with Crippen molar-refractivity contribution in [2.24, 2.45) is 0 Å². The van der Waals surface area contributed by atoms with E-state index in [4.69, 9.17) is 0 Å². The van der Waals surface area contributed by atoms with Gasteiger partial charge >= 0.3 is 0 Å². The van der Waals surface area contributed by atoms with Crippen LogP contribution in [0.5, 0.6) is 0 Å². The lowest BCUT2D eigenvalue weighted by Gasteiger charge is -2.37. The summed E-state index contributed by atoms with van der Waals surface area (Å²) < 4.78 is 0. The van der Waals surface area contributed by atoms with Crippen LogP contribution in [0, 0.1) is 6.92 Å². The molecule has 0 bridgehead atoms. The Morgan fingerprint density at radius 1 is 1.40 bits per heavy atom. The lowest BCUT2D eigenvalue weighted by atomic mass is 9.90. The van der Waals surface area contributed by atoms with Crippen LogP contribution in [0.1, 0.15) is 29.5 Å². The predicted molar refractivity (Wildman–Crippen MR) is 64.3 cm³/mol. The quantitative estimate of drug-likeness (QED) is 0.835. The first-order valence-electron chi connectivity index (χ1n) is 5.66. The van der Waals surface area contributed by atoms with Gasteiger partial charge in [0.25, 0.3) is 0 Å². The van der Waals surface area contributed by atoms with E-state index in [0.717, 1.165) is 37.4 Å². The van der Waals surface area contributed by atoms with Crippen LogP contribution in [-0.2, 0) is 5.60 Å². The van der Waals surface area contributed by atoms with E-state index in [9.17, 15) is 5.11 Å². The van der Waals surface area contributed by atoms with Crippen LogP contribution >= 0.6 is 11.3 Å². The van der Waals surface area contributed by atoms with Gasteiger partial charge in [-0.2, -0.15) is 0 Å². The summed E-state index contributed by atoms with van der Waals surface area (Å²) in [6, 6.07) is 4.19. The lowest BCUT2D eigenvalue weighted by molar-refractivity contribution is -0.0217. The Morgan fingerprint density at radius 2 is 2.07 bits per heavy atom. The molecule has 0 unspecified atom stereocenters. The normalized spacial score (nSPS) is 21.8. The molecular formula is C12H19NOS. The van der Waals surface area contributed by atoms with E-state index in [1.165, 1.54) is 4.88 Å². The van der Waals surface area contributed by atoms with E-state index in [2.05, 4.69) is 30.9 Å². The Hall–Kier alpha value is -0.380. The number of hydrogen-bond acceptors (Lipinski definition) is 3. The number of aliphatic hydroxyl groups is 1. The summed E-state index contributed by atoms with van der Waals surface area (Å²) in [5.41, 5.74) is -0.551. The molecule has 2 rings (SSSR count). The van der Waals surface area contributed by atoms with Gasteiger partial charge in [0.2, 0.25) is 0 Å². The summed E-state index contributed by atoms with van der Waals surface area (Å²) in [6.45, 7) is 7.41. The number of likely N-dealkylation sites (tertiary alicyclic amines) is 1. The standard InChI is InChI=1S/C12H19NOS/c1-3-13-8-6-12(14,7-9-13)11-5-4-10(2)15-11/h4-5,14H,3,6-9H2,1-2H3. The van der Waals surface area contributed by atoms with Crippen molar-refractivity contribution in [3.8, 4) is 0 Å². The molecule has 0 atom stereocenters. The van der Waals surface area contributed by atoms with Crippen molar-refractivity contribution in [1.29, 1.82) is 0 Å². The van der Waals surface area contributed by atoms with Crippen molar-refractivity contribution >= 4 is 11.3 Å². The zero-order valence-electron chi connectivity index (χ0n) is 9.49. The monoisotopic (exact) mass is 225 g/mol. The maximum atomic E-state index is 10.6. The van der Waals surface area contributed by atoms with Crippen LogP contribution in [-0.4, -0.2) is 29.6 Å². The first-order chi connectivity index (χ1) is 7.14. The average molecular weight is 225 g/mol. The molecule has 0 spiro atoms. The van der Waals surface area contributed by atoms with Gasteiger partial charge in [0.1, 0.15) is 5.60 Å². The molecule has 2 nitrogen and oxygen atoms in total. The fourth-order valence-corrected chi connectivity index (χ4v) is 3.18. The molecule has 1 aliphatic heterocycles. The van der Waals surface area contributed by atoms with Gasteiger partial charge in [0, 0.05) is 22.8 Å². The Balaban J connectivity index is 2.09. The van der Waals surface area contributed by atoms with E-state index >= 15 is 0 Å². The second kappa shape index (κ2) is 4.24. The first kappa shape index (κ1) is 11.1. The van der Waals surface area contributed by atoms with Gasteiger partial charge < -0.3 is 10.0 Å². The van der Waals surface area contributed by atoms with Gasteiger partial charge in [-0.15, -0.1) is 11.3 Å². The van der Waals surface area contributed by atoms with Crippen LogP contribution in [0.3, 0.4) is 0 Å². The van der Waals surface area contributed by atoms with E-state index < -0.39 is 5.60 Å². The largest absolute Gasteiger partial charge is 0.384 e. The van der Waals surface area contributed by atoms with Gasteiger partial charge in [-0.25, -0.2) is 0 Å². The van der Waals surface area contributed by atoms with Crippen molar-refractivity contribution in [3.63, 3.8) is 0 Å². The second-order valence-corrected chi connectivity index (χ2v) is 5.66. The van der Waals surface area contributed by atoms with Gasteiger partial charge in [-0.05, 0) is 38.4 Å². The topological polar surface area (TPSA) is 23.5 Å². The molecule has 0 saturated carbocycles. The third-order valence-electron chi connectivity index (χ3n) is 3.33. The number of nitrogens with zero attached hydrogens (tertiary/aromatic N) is 1. The van der Waals surface area contributed by atoms with Crippen molar-refractivity contribution in [2.75, 3.05) is 19.6 Å². The molecule has 0 radical (unpaired) electrons. The first-order valence-corrected chi connectivity index (χ1v) is 6.47. The molecule has 1 N–H and O–H groups in total. The van der Waals surface area contributed by atoms with Crippen molar-refractivity contribution in [1.82, 2.24) is 4.90 Å². The number of piperidine rings is 1. The highest BCUT2D eigenvalue weighted by atomic mass is 32.1. The van der Waals surface area contributed by atoms with Crippen LogP contribution < -0.4 is 0 Å². The van der Waals surface area contributed by atoms with Crippen molar-refractivity contribution in [3.05, 3.63) is 21.9 Å². The Labute approximate surface area is 95.5 Å². The molecule has 84 valence electrons. The van der Waals surface area contributed by atoms with E-state index in [0.29, 0.717) is 0 Å². The van der Waals surface area contributed by atoms with Gasteiger partial charge in [0.15, 0.2) is 0 Å². The summed E-state index contributed by atoms with van der Waals surface area (Å²) in [5.74, 6) is 0. The maximum absolute atomic E-state index is 10.6. The molecule has 1 aliphatic rings. The molecule has 0 aliphatic carbocycles. The Kier molecular flexibility index (Phi) is 3.14. The fraction of sp³-hybridized carbons (Fsp3) is 0.667. The molecule has 1 aromatic rings. The van der Waals surface area contributed by atoms with Crippen molar-refractivity contribution in [2.45, 2.75) is 32.3 Å². The molecule has 1 saturated heterocycles. The third kappa shape index (κ3) is 2.25. The van der Waals surface area contributed by atoms with Crippen molar-refractivity contribution < 1.29 is 5.11 Å². The van der Waals surface area contributed by atoms with Crippen LogP contribution in [0.15, 0.2) is 12.1 Å². The summed E-state index contributed by atoms with van der Waals surface area (Å²) >= 11 is 1.73. The average Bonchev–Trinajstić information content (AvgIpc) is 2.67. The highest BCUT2D eigenvalue weighted by Gasteiger charge is 2.34. The molecule has 3 heteroatoms. The molecular weight excluding hydrogens is 206 g/mol. The summed E-state index contributed by atoms with van der Waals surface area (Å²) in [7, 11) is 0. The Morgan fingerprint density at radius 3 is 2.53 bits per heavy atom. The van der Waals surface area contributed by atoms with Crippen LogP contribution in [0.4, 0.5) is 0 Å². The number of hydrogen-bond donors (Lipinski definition) is 1. The Bertz CT molecular complexity index is 326. The highest BCUT2D eigenvalue weighted by Crippen LogP contribution is 2.36. The smallest absolute Gasteiger partial charge is 0.101 e. The van der Waals surface area contributed by atoms with Crippen LogP contribution in [0.2, 0.25) is 0 Å². The summed E-state index contributed by atoms with van der Waals surface area (Å²) in [6.07, 6.45) is 1.75. The molecule has 2 heterocycles.